The number of Topliss-reactive ketones (excluding diaryl/α,β-unsaturated/α-hetero) is 2. The molecule has 0 N–H and O–H groups in total. The van der Waals surface area contributed by atoms with E-state index >= 15 is 0 Å². The van der Waals surface area contributed by atoms with E-state index < -0.39 is 0 Å². The number of benzene rings is 1. The van der Waals surface area contributed by atoms with Crippen molar-refractivity contribution in [3.8, 4) is 0 Å². The third-order valence-corrected chi connectivity index (χ3v) is 4.55. The maximum absolute atomic E-state index is 12.1. The molecule has 20 heavy (non-hydrogen) atoms. The van der Waals surface area contributed by atoms with Crippen LogP contribution in [0, 0.1) is 0 Å². The molecule has 1 atom stereocenters. The standard InChI is InChI=1S/C17H21NO2/c1-11(2)14-5-3-4-12-9-18(10-15(12)14)16-7-6-13(19)8-17(16)20/h3-5,11,16H,6-10H2,1-2H3. The first kappa shape index (κ1) is 13.5. The number of rotatable bonds is 2. The minimum Gasteiger partial charge on any atom is -0.299 e. The first-order valence-corrected chi connectivity index (χ1v) is 7.45. The molecule has 3 heteroatoms. The van der Waals surface area contributed by atoms with Gasteiger partial charge >= 0.3 is 0 Å². The molecule has 1 aromatic rings. The number of nitrogens with zero attached hydrogens (tertiary/aromatic N) is 1. The molecule has 3 rings (SSSR count). The lowest BCUT2D eigenvalue weighted by Gasteiger charge is -2.29. The zero-order valence-electron chi connectivity index (χ0n) is 12.2. The van der Waals surface area contributed by atoms with Crippen molar-refractivity contribution in [2.45, 2.75) is 58.2 Å². The van der Waals surface area contributed by atoms with Gasteiger partial charge in [-0.1, -0.05) is 32.0 Å². The van der Waals surface area contributed by atoms with E-state index in [2.05, 4.69) is 36.9 Å². The Balaban J connectivity index is 1.82. The molecule has 3 nitrogen and oxygen atoms in total. The molecule has 0 radical (unpaired) electrons. The summed E-state index contributed by atoms with van der Waals surface area (Å²) >= 11 is 0. The highest BCUT2D eigenvalue weighted by atomic mass is 16.2. The Morgan fingerprint density at radius 2 is 2.00 bits per heavy atom. The number of hydrogen-bond donors (Lipinski definition) is 0. The highest BCUT2D eigenvalue weighted by Crippen LogP contribution is 2.33. The van der Waals surface area contributed by atoms with E-state index in [0.29, 0.717) is 18.8 Å². The fourth-order valence-corrected chi connectivity index (χ4v) is 3.48. The predicted molar refractivity (Wildman–Crippen MR) is 77.4 cm³/mol. The summed E-state index contributed by atoms with van der Waals surface area (Å²) in [5.74, 6) is 0.722. The molecule has 1 saturated carbocycles. The maximum atomic E-state index is 12.1. The summed E-state index contributed by atoms with van der Waals surface area (Å²) in [7, 11) is 0. The summed E-state index contributed by atoms with van der Waals surface area (Å²) in [4.78, 5) is 25.7. The van der Waals surface area contributed by atoms with Crippen LogP contribution in [0.1, 0.15) is 55.7 Å². The Labute approximate surface area is 120 Å². The third kappa shape index (κ3) is 2.31. The Morgan fingerprint density at radius 1 is 1.20 bits per heavy atom. The van der Waals surface area contributed by atoms with E-state index in [9.17, 15) is 9.59 Å². The van der Waals surface area contributed by atoms with Crippen LogP contribution in [0.25, 0.3) is 0 Å². The minimum absolute atomic E-state index is 0.0555. The molecule has 0 amide bonds. The van der Waals surface area contributed by atoms with Gasteiger partial charge in [0, 0.05) is 19.5 Å². The van der Waals surface area contributed by atoms with Gasteiger partial charge in [0.15, 0.2) is 5.78 Å². The second-order valence-electron chi connectivity index (χ2n) is 6.28. The number of fused-ring (bicyclic) bond motifs is 1. The Bertz CT molecular complexity index is 562. The number of hydrogen-bond acceptors (Lipinski definition) is 3. The van der Waals surface area contributed by atoms with Gasteiger partial charge in [-0.15, -0.1) is 0 Å². The van der Waals surface area contributed by atoms with Crippen molar-refractivity contribution in [2.75, 3.05) is 0 Å². The molecule has 2 aliphatic rings. The molecular formula is C17H21NO2. The first-order valence-electron chi connectivity index (χ1n) is 7.45. The molecule has 0 bridgehead atoms. The summed E-state index contributed by atoms with van der Waals surface area (Å²) in [6, 6.07) is 6.42. The molecule has 1 aliphatic heterocycles. The lowest BCUT2D eigenvalue weighted by molar-refractivity contribution is -0.134. The zero-order valence-corrected chi connectivity index (χ0v) is 12.2. The van der Waals surface area contributed by atoms with Gasteiger partial charge in [-0.2, -0.15) is 0 Å². The van der Waals surface area contributed by atoms with Crippen molar-refractivity contribution in [3.05, 3.63) is 34.9 Å². The number of ketones is 2. The van der Waals surface area contributed by atoms with Crippen LogP contribution in [0.15, 0.2) is 18.2 Å². The lowest BCUT2D eigenvalue weighted by Crippen LogP contribution is -2.41. The van der Waals surface area contributed by atoms with Gasteiger partial charge in [0.1, 0.15) is 5.78 Å². The summed E-state index contributed by atoms with van der Waals surface area (Å²) in [6.07, 6.45) is 1.39. The normalized spacial score (nSPS) is 23.4. The van der Waals surface area contributed by atoms with E-state index in [4.69, 9.17) is 0 Å². The zero-order chi connectivity index (χ0) is 14.3. The fourth-order valence-electron chi connectivity index (χ4n) is 3.48. The van der Waals surface area contributed by atoms with Gasteiger partial charge in [-0.25, -0.2) is 0 Å². The highest BCUT2D eigenvalue weighted by molar-refractivity contribution is 6.03. The van der Waals surface area contributed by atoms with Gasteiger partial charge < -0.3 is 0 Å². The van der Waals surface area contributed by atoms with Crippen LogP contribution in [0.4, 0.5) is 0 Å². The molecule has 1 aromatic carbocycles. The van der Waals surface area contributed by atoms with E-state index in [1.807, 2.05) is 0 Å². The van der Waals surface area contributed by atoms with Crippen molar-refractivity contribution < 1.29 is 9.59 Å². The molecule has 0 aromatic heterocycles. The predicted octanol–water partition coefficient (Wildman–Crippen LogP) is 2.82. The summed E-state index contributed by atoms with van der Waals surface area (Å²) in [5.41, 5.74) is 4.14. The Hall–Kier alpha value is -1.48. The van der Waals surface area contributed by atoms with Crippen LogP contribution in [-0.4, -0.2) is 22.5 Å². The fraction of sp³-hybridized carbons (Fsp3) is 0.529. The molecule has 0 spiro atoms. The monoisotopic (exact) mass is 271 g/mol. The van der Waals surface area contributed by atoms with Crippen molar-refractivity contribution in [3.63, 3.8) is 0 Å². The van der Waals surface area contributed by atoms with Crippen LogP contribution >= 0.6 is 0 Å². The second-order valence-corrected chi connectivity index (χ2v) is 6.28. The third-order valence-electron chi connectivity index (χ3n) is 4.55. The lowest BCUT2D eigenvalue weighted by atomic mass is 9.92. The minimum atomic E-state index is -0.0555. The quantitative estimate of drug-likeness (QED) is 0.776. The molecule has 0 saturated heterocycles. The molecule has 1 unspecified atom stereocenters. The van der Waals surface area contributed by atoms with Gasteiger partial charge in [0.05, 0.1) is 12.5 Å². The smallest absolute Gasteiger partial charge is 0.157 e. The summed E-state index contributed by atoms with van der Waals surface area (Å²) < 4.78 is 0. The average Bonchev–Trinajstić information content (AvgIpc) is 2.81. The SMILES string of the molecule is CC(C)c1cccc2c1CN(C1CCC(=O)CC1=O)C2. The van der Waals surface area contributed by atoms with Crippen LogP contribution in [-0.2, 0) is 22.7 Å². The highest BCUT2D eigenvalue weighted by Gasteiger charge is 2.35. The van der Waals surface area contributed by atoms with Crippen molar-refractivity contribution >= 4 is 11.6 Å². The second kappa shape index (κ2) is 5.13. The largest absolute Gasteiger partial charge is 0.299 e. The van der Waals surface area contributed by atoms with Crippen LogP contribution < -0.4 is 0 Å². The van der Waals surface area contributed by atoms with Crippen molar-refractivity contribution in [1.29, 1.82) is 0 Å². The van der Waals surface area contributed by atoms with E-state index in [1.165, 1.54) is 16.7 Å². The number of carbonyl (C=O) groups is 2. The van der Waals surface area contributed by atoms with Crippen LogP contribution in [0.5, 0.6) is 0 Å². The average molecular weight is 271 g/mol. The molecule has 1 fully saturated rings. The van der Waals surface area contributed by atoms with E-state index in [0.717, 1.165) is 13.1 Å². The van der Waals surface area contributed by atoms with Gasteiger partial charge in [-0.3, -0.25) is 14.5 Å². The number of carbonyl (C=O) groups excluding carboxylic acids is 2. The molecule has 1 heterocycles. The van der Waals surface area contributed by atoms with Gasteiger partial charge in [0.25, 0.3) is 0 Å². The van der Waals surface area contributed by atoms with Gasteiger partial charge in [0.2, 0.25) is 0 Å². The Morgan fingerprint density at radius 3 is 2.70 bits per heavy atom. The summed E-state index contributed by atoms with van der Waals surface area (Å²) in [5, 5.41) is 0. The summed E-state index contributed by atoms with van der Waals surface area (Å²) in [6.45, 7) is 6.13. The Kier molecular flexibility index (Phi) is 3.47. The maximum Gasteiger partial charge on any atom is 0.157 e. The van der Waals surface area contributed by atoms with Crippen LogP contribution in [0.2, 0.25) is 0 Å². The topological polar surface area (TPSA) is 37.4 Å². The van der Waals surface area contributed by atoms with E-state index in [-0.39, 0.29) is 24.0 Å². The molecular weight excluding hydrogens is 250 g/mol. The van der Waals surface area contributed by atoms with Crippen molar-refractivity contribution in [2.24, 2.45) is 0 Å². The molecule has 1 aliphatic carbocycles. The van der Waals surface area contributed by atoms with Crippen molar-refractivity contribution in [1.82, 2.24) is 4.90 Å². The van der Waals surface area contributed by atoms with E-state index in [1.54, 1.807) is 0 Å². The van der Waals surface area contributed by atoms with Gasteiger partial charge in [-0.05, 0) is 29.0 Å². The first-order chi connectivity index (χ1) is 9.56. The molecule has 106 valence electrons. The van der Waals surface area contributed by atoms with Crippen LogP contribution in [0.3, 0.4) is 0 Å².